The third-order valence-electron chi connectivity index (χ3n) is 4.78. The maximum atomic E-state index is 14.3. The van der Waals surface area contributed by atoms with Crippen LogP contribution in [-0.4, -0.2) is 31.2 Å². The normalized spacial score (nSPS) is 21.3. The van der Waals surface area contributed by atoms with Crippen molar-refractivity contribution in [1.29, 1.82) is 0 Å². The standard InChI is InChI=1S/C18H24FNO5/c1-10(13-8-15(24-2)16(25-3)9-14(13)19)20-17(21)11-4-6-12(7-5-11)18(22)23/h8-12H,4-7H2,1-3H3,(H,20,21)(H,22,23). The van der Waals surface area contributed by atoms with Crippen molar-refractivity contribution in [3.63, 3.8) is 0 Å². The highest BCUT2D eigenvalue weighted by molar-refractivity contribution is 5.79. The van der Waals surface area contributed by atoms with Gasteiger partial charge in [0.2, 0.25) is 5.91 Å². The van der Waals surface area contributed by atoms with E-state index in [1.54, 1.807) is 6.92 Å². The maximum Gasteiger partial charge on any atom is 0.306 e. The summed E-state index contributed by atoms with van der Waals surface area (Å²) in [5, 5.41) is 11.8. The first-order valence-electron chi connectivity index (χ1n) is 8.32. The number of benzene rings is 1. The Bertz CT molecular complexity index is 641. The van der Waals surface area contributed by atoms with Crippen LogP contribution in [0, 0.1) is 17.7 Å². The van der Waals surface area contributed by atoms with Gasteiger partial charge < -0.3 is 19.9 Å². The number of carbonyl (C=O) groups excluding carboxylic acids is 1. The summed E-state index contributed by atoms with van der Waals surface area (Å²) in [6.45, 7) is 1.70. The lowest BCUT2D eigenvalue weighted by molar-refractivity contribution is -0.144. The van der Waals surface area contributed by atoms with Gasteiger partial charge in [-0.3, -0.25) is 9.59 Å². The SMILES string of the molecule is COc1cc(F)c(C(C)NC(=O)C2CCC(C(=O)O)CC2)cc1OC. The van der Waals surface area contributed by atoms with E-state index in [4.69, 9.17) is 14.6 Å². The number of rotatable bonds is 6. The van der Waals surface area contributed by atoms with Crippen LogP contribution < -0.4 is 14.8 Å². The zero-order valence-corrected chi connectivity index (χ0v) is 14.7. The van der Waals surface area contributed by atoms with Crippen molar-refractivity contribution in [1.82, 2.24) is 5.32 Å². The highest BCUT2D eigenvalue weighted by Crippen LogP contribution is 2.33. The van der Waals surface area contributed by atoms with Crippen molar-refractivity contribution in [3.05, 3.63) is 23.5 Å². The van der Waals surface area contributed by atoms with Crippen molar-refractivity contribution >= 4 is 11.9 Å². The van der Waals surface area contributed by atoms with Gasteiger partial charge in [-0.2, -0.15) is 0 Å². The predicted octanol–water partition coefficient (Wildman–Crippen LogP) is 2.91. The second kappa shape index (κ2) is 8.18. The molecule has 0 spiro atoms. The van der Waals surface area contributed by atoms with E-state index in [1.807, 2.05) is 0 Å². The molecule has 0 aromatic heterocycles. The third kappa shape index (κ3) is 4.41. The quantitative estimate of drug-likeness (QED) is 0.821. The topological polar surface area (TPSA) is 84.9 Å². The number of amides is 1. The van der Waals surface area contributed by atoms with Gasteiger partial charge in [0.15, 0.2) is 11.5 Å². The van der Waals surface area contributed by atoms with Crippen LogP contribution in [0.25, 0.3) is 0 Å². The summed E-state index contributed by atoms with van der Waals surface area (Å²) in [6.07, 6.45) is 2.05. The molecule has 1 fully saturated rings. The smallest absolute Gasteiger partial charge is 0.306 e. The Labute approximate surface area is 146 Å². The second-order valence-corrected chi connectivity index (χ2v) is 6.35. The average molecular weight is 353 g/mol. The molecule has 7 heteroatoms. The molecular formula is C18H24FNO5. The summed E-state index contributed by atoms with van der Waals surface area (Å²) < 4.78 is 24.5. The number of hydrogen-bond donors (Lipinski definition) is 2. The highest BCUT2D eigenvalue weighted by atomic mass is 19.1. The lowest BCUT2D eigenvalue weighted by Gasteiger charge is -2.27. The van der Waals surface area contributed by atoms with Gasteiger partial charge in [-0.15, -0.1) is 0 Å². The van der Waals surface area contributed by atoms with Crippen molar-refractivity contribution in [3.8, 4) is 11.5 Å². The number of methoxy groups -OCH3 is 2. The first-order valence-corrected chi connectivity index (χ1v) is 8.32. The van der Waals surface area contributed by atoms with Gasteiger partial charge in [-0.1, -0.05) is 0 Å². The third-order valence-corrected chi connectivity index (χ3v) is 4.78. The van der Waals surface area contributed by atoms with E-state index in [2.05, 4.69) is 5.32 Å². The van der Waals surface area contributed by atoms with E-state index in [0.29, 0.717) is 37.0 Å². The van der Waals surface area contributed by atoms with Crippen LogP contribution in [0.2, 0.25) is 0 Å². The minimum absolute atomic E-state index is 0.175. The number of ether oxygens (including phenoxy) is 2. The summed E-state index contributed by atoms with van der Waals surface area (Å²) in [7, 11) is 2.89. The lowest BCUT2D eigenvalue weighted by Crippen LogP contribution is -2.36. The largest absolute Gasteiger partial charge is 0.493 e. The molecule has 0 heterocycles. The average Bonchev–Trinajstić information content (AvgIpc) is 2.61. The predicted molar refractivity (Wildman–Crippen MR) is 89.1 cm³/mol. The summed E-state index contributed by atoms with van der Waals surface area (Å²) in [5.74, 6) is -1.40. The molecule has 1 saturated carbocycles. The molecule has 0 aliphatic heterocycles. The molecule has 1 aromatic carbocycles. The number of halogens is 1. The Morgan fingerprint density at radius 3 is 2.16 bits per heavy atom. The molecule has 1 atom stereocenters. The van der Waals surface area contributed by atoms with Gasteiger partial charge in [0.25, 0.3) is 0 Å². The molecule has 138 valence electrons. The van der Waals surface area contributed by atoms with E-state index in [-0.39, 0.29) is 23.5 Å². The van der Waals surface area contributed by atoms with Gasteiger partial charge in [0, 0.05) is 17.5 Å². The summed E-state index contributed by atoms with van der Waals surface area (Å²) in [5.41, 5.74) is 0.310. The Kier molecular flexibility index (Phi) is 6.22. The van der Waals surface area contributed by atoms with Gasteiger partial charge in [-0.05, 0) is 38.7 Å². The van der Waals surface area contributed by atoms with Crippen LogP contribution in [0.4, 0.5) is 4.39 Å². The van der Waals surface area contributed by atoms with E-state index in [9.17, 15) is 14.0 Å². The number of nitrogens with one attached hydrogen (secondary N) is 1. The molecule has 6 nitrogen and oxygen atoms in total. The second-order valence-electron chi connectivity index (χ2n) is 6.35. The van der Waals surface area contributed by atoms with Crippen LogP contribution >= 0.6 is 0 Å². The van der Waals surface area contributed by atoms with Crippen molar-refractivity contribution in [2.24, 2.45) is 11.8 Å². The van der Waals surface area contributed by atoms with E-state index >= 15 is 0 Å². The van der Waals surface area contributed by atoms with Crippen LogP contribution in [0.5, 0.6) is 11.5 Å². The lowest BCUT2D eigenvalue weighted by atomic mass is 9.81. The first-order chi connectivity index (χ1) is 11.9. The Balaban J connectivity index is 2.03. The molecule has 1 aromatic rings. The van der Waals surface area contributed by atoms with Crippen LogP contribution in [0.15, 0.2) is 12.1 Å². The van der Waals surface area contributed by atoms with E-state index < -0.39 is 17.8 Å². The van der Waals surface area contributed by atoms with Crippen molar-refractivity contribution < 1.29 is 28.6 Å². The minimum Gasteiger partial charge on any atom is -0.493 e. The van der Waals surface area contributed by atoms with E-state index in [0.717, 1.165) is 0 Å². The van der Waals surface area contributed by atoms with Crippen LogP contribution in [-0.2, 0) is 9.59 Å². The number of carbonyl (C=O) groups is 2. The number of carboxylic acids is 1. The molecule has 1 aliphatic carbocycles. The fourth-order valence-electron chi connectivity index (χ4n) is 3.21. The Hall–Kier alpha value is -2.31. The molecule has 1 amide bonds. The Morgan fingerprint density at radius 2 is 1.64 bits per heavy atom. The molecule has 1 unspecified atom stereocenters. The maximum absolute atomic E-state index is 14.3. The molecule has 1 aliphatic rings. The fourth-order valence-corrected chi connectivity index (χ4v) is 3.21. The zero-order valence-electron chi connectivity index (χ0n) is 14.7. The van der Waals surface area contributed by atoms with Crippen molar-refractivity contribution in [2.75, 3.05) is 14.2 Å². The molecule has 0 saturated heterocycles. The van der Waals surface area contributed by atoms with Crippen LogP contribution in [0.1, 0.15) is 44.2 Å². The monoisotopic (exact) mass is 353 g/mol. The molecule has 2 rings (SSSR count). The van der Waals surface area contributed by atoms with Gasteiger partial charge in [-0.25, -0.2) is 4.39 Å². The molecule has 2 N–H and O–H groups in total. The fraction of sp³-hybridized carbons (Fsp3) is 0.556. The molecule has 0 radical (unpaired) electrons. The van der Waals surface area contributed by atoms with Gasteiger partial charge in [0.05, 0.1) is 26.2 Å². The number of carboxylic acid groups (broad SMARTS) is 1. The highest BCUT2D eigenvalue weighted by Gasteiger charge is 2.30. The summed E-state index contributed by atoms with van der Waals surface area (Å²) in [4.78, 5) is 23.4. The van der Waals surface area contributed by atoms with Gasteiger partial charge in [0.1, 0.15) is 5.82 Å². The van der Waals surface area contributed by atoms with E-state index in [1.165, 1.54) is 26.4 Å². The zero-order chi connectivity index (χ0) is 18.6. The number of hydrogen-bond acceptors (Lipinski definition) is 4. The summed E-state index contributed by atoms with van der Waals surface area (Å²) in [6, 6.07) is 2.21. The first kappa shape index (κ1) is 19.0. The van der Waals surface area contributed by atoms with Gasteiger partial charge >= 0.3 is 5.97 Å². The summed E-state index contributed by atoms with van der Waals surface area (Å²) >= 11 is 0. The van der Waals surface area contributed by atoms with Crippen molar-refractivity contribution in [2.45, 2.75) is 38.6 Å². The molecule has 0 bridgehead atoms. The molecule has 25 heavy (non-hydrogen) atoms. The molecular weight excluding hydrogens is 329 g/mol. The van der Waals surface area contributed by atoms with Crippen LogP contribution in [0.3, 0.4) is 0 Å². The minimum atomic E-state index is -0.806. The Morgan fingerprint density at radius 1 is 1.12 bits per heavy atom. The number of aliphatic carboxylic acids is 1.